The minimum atomic E-state index is -0.259. The number of ether oxygens (including phenoxy) is 1. The Bertz CT molecular complexity index is 1480. The molecule has 0 unspecified atom stereocenters. The Morgan fingerprint density at radius 1 is 1.00 bits per heavy atom. The topological polar surface area (TPSA) is 81.9 Å². The number of hydrogen-bond donors (Lipinski definition) is 1. The second-order valence-corrected chi connectivity index (χ2v) is 8.92. The first-order valence-electron chi connectivity index (χ1n) is 11.3. The van der Waals surface area contributed by atoms with Crippen LogP contribution < -0.4 is 10.1 Å². The van der Waals surface area contributed by atoms with E-state index in [0.717, 1.165) is 39.0 Å². The first-order chi connectivity index (χ1) is 17.7. The first-order valence-corrected chi connectivity index (χ1v) is 12.1. The smallest absolute Gasteiger partial charge is 0.250 e. The van der Waals surface area contributed by atoms with Gasteiger partial charge in [-0.15, -0.1) is 0 Å². The number of amides is 1. The van der Waals surface area contributed by atoms with Gasteiger partial charge in [-0.1, -0.05) is 59.9 Å². The van der Waals surface area contributed by atoms with Gasteiger partial charge in [-0.3, -0.25) is 15.1 Å². The van der Waals surface area contributed by atoms with Crippen LogP contribution in [-0.2, 0) is 18.4 Å². The number of aromatic nitrogens is 4. The van der Waals surface area contributed by atoms with Crippen LogP contribution in [-0.4, -0.2) is 25.4 Å². The third kappa shape index (κ3) is 5.56. The molecule has 3 heterocycles. The number of rotatable bonds is 8. The molecule has 7 nitrogen and oxygen atoms in total. The van der Waals surface area contributed by atoms with E-state index < -0.39 is 0 Å². The predicted molar refractivity (Wildman–Crippen MR) is 142 cm³/mol. The summed E-state index contributed by atoms with van der Waals surface area (Å²) in [6.45, 7) is 0.400. The summed E-state index contributed by atoms with van der Waals surface area (Å²) < 4.78 is 7.70. The highest BCUT2D eigenvalue weighted by molar-refractivity contribution is 7.19. The summed E-state index contributed by atoms with van der Waals surface area (Å²) in [7, 11) is 1.94. The van der Waals surface area contributed by atoms with Crippen molar-refractivity contribution < 1.29 is 9.53 Å². The second-order valence-electron chi connectivity index (χ2n) is 7.93. The van der Waals surface area contributed by atoms with Gasteiger partial charge in [0.05, 0.1) is 16.3 Å². The van der Waals surface area contributed by atoms with Gasteiger partial charge < -0.3 is 9.30 Å². The summed E-state index contributed by atoms with van der Waals surface area (Å²) in [6, 6.07) is 23.1. The van der Waals surface area contributed by atoms with Gasteiger partial charge in [0.1, 0.15) is 12.4 Å². The number of thiazole rings is 1. The van der Waals surface area contributed by atoms with Gasteiger partial charge in [0.25, 0.3) is 0 Å². The maximum atomic E-state index is 12.6. The number of carbonyl (C=O) groups excluding carboxylic acids is 1. The zero-order valence-corrected chi connectivity index (χ0v) is 20.4. The molecule has 5 aromatic rings. The molecule has 1 amide bonds. The molecule has 0 bridgehead atoms. The fourth-order valence-corrected chi connectivity index (χ4v) is 4.57. The third-order valence-electron chi connectivity index (χ3n) is 5.35. The SMILES string of the molecule is Cn1ccnc1-c1sc(NC(=O)/C=C/c2ccc(OCc3ccccn3)cc2)nc1-c1ccccc1. The average Bonchev–Trinajstić information content (AvgIpc) is 3.53. The summed E-state index contributed by atoms with van der Waals surface area (Å²) in [5, 5.41) is 3.40. The number of imidazole rings is 1. The molecule has 5 rings (SSSR count). The molecule has 1 N–H and O–H groups in total. The number of nitrogens with one attached hydrogen (secondary N) is 1. The van der Waals surface area contributed by atoms with E-state index in [1.54, 1.807) is 18.5 Å². The van der Waals surface area contributed by atoms with E-state index in [1.165, 1.54) is 17.4 Å². The molecule has 178 valence electrons. The van der Waals surface area contributed by atoms with Crippen molar-refractivity contribution in [2.75, 3.05) is 5.32 Å². The van der Waals surface area contributed by atoms with Crippen LogP contribution in [0.15, 0.2) is 97.5 Å². The van der Waals surface area contributed by atoms with Crippen LogP contribution >= 0.6 is 11.3 Å². The lowest BCUT2D eigenvalue weighted by molar-refractivity contribution is -0.111. The Balaban J connectivity index is 1.26. The van der Waals surface area contributed by atoms with E-state index in [1.807, 2.05) is 90.6 Å². The molecule has 0 spiro atoms. The summed E-state index contributed by atoms with van der Waals surface area (Å²) in [4.78, 5) is 27.0. The summed E-state index contributed by atoms with van der Waals surface area (Å²) in [5.41, 5.74) is 3.50. The monoisotopic (exact) mass is 493 g/mol. The molecule has 0 saturated heterocycles. The fourth-order valence-electron chi connectivity index (χ4n) is 3.54. The van der Waals surface area contributed by atoms with E-state index in [9.17, 15) is 4.79 Å². The lowest BCUT2D eigenvalue weighted by Crippen LogP contribution is -2.07. The molecule has 0 aliphatic heterocycles. The van der Waals surface area contributed by atoms with E-state index in [4.69, 9.17) is 9.72 Å². The van der Waals surface area contributed by atoms with Crippen molar-refractivity contribution in [2.45, 2.75) is 6.61 Å². The third-order valence-corrected chi connectivity index (χ3v) is 6.32. The van der Waals surface area contributed by atoms with Crippen LogP contribution in [0.4, 0.5) is 5.13 Å². The molecular formula is C28H23N5O2S. The van der Waals surface area contributed by atoms with Crippen molar-refractivity contribution >= 4 is 28.5 Å². The van der Waals surface area contributed by atoms with Crippen molar-refractivity contribution in [3.8, 4) is 27.7 Å². The molecule has 0 radical (unpaired) electrons. The predicted octanol–water partition coefficient (Wildman–Crippen LogP) is 5.84. The lowest BCUT2D eigenvalue weighted by atomic mass is 10.1. The molecular weight excluding hydrogens is 470 g/mol. The van der Waals surface area contributed by atoms with E-state index in [2.05, 4.69) is 15.3 Å². The zero-order chi connectivity index (χ0) is 24.7. The van der Waals surface area contributed by atoms with Crippen molar-refractivity contribution in [1.29, 1.82) is 0 Å². The van der Waals surface area contributed by atoms with Crippen molar-refractivity contribution in [3.05, 3.63) is 109 Å². The molecule has 3 aromatic heterocycles. The number of benzene rings is 2. The normalized spacial score (nSPS) is 11.0. The quantitative estimate of drug-likeness (QED) is 0.275. The first kappa shape index (κ1) is 23.2. The van der Waals surface area contributed by atoms with E-state index in [0.29, 0.717) is 11.7 Å². The number of nitrogens with zero attached hydrogens (tertiary/aromatic N) is 4. The Labute approximate surface area is 212 Å². The van der Waals surface area contributed by atoms with Crippen LogP contribution in [0.3, 0.4) is 0 Å². The van der Waals surface area contributed by atoms with Gasteiger partial charge in [-0.25, -0.2) is 9.97 Å². The molecule has 0 saturated carbocycles. The highest BCUT2D eigenvalue weighted by atomic mass is 32.1. The number of pyridine rings is 1. The van der Waals surface area contributed by atoms with Gasteiger partial charge in [0.15, 0.2) is 11.0 Å². The summed E-state index contributed by atoms with van der Waals surface area (Å²) in [6.07, 6.45) is 8.63. The van der Waals surface area contributed by atoms with Gasteiger partial charge in [0.2, 0.25) is 5.91 Å². The van der Waals surface area contributed by atoms with Crippen LogP contribution in [0.2, 0.25) is 0 Å². The van der Waals surface area contributed by atoms with E-state index in [-0.39, 0.29) is 5.91 Å². The molecule has 0 aliphatic rings. The zero-order valence-electron chi connectivity index (χ0n) is 19.5. The average molecular weight is 494 g/mol. The van der Waals surface area contributed by atoms with Gasteiger partial charge in [-0.2, -0.15) is 0 Å². The van der Waals surface area contributed by atoms with E-state index >= 15 is 0 Å². The maximum Gasteiger partial charge on any atom is 0.250 e. The molecule has 0 atom stereocenters. The second kappa shape index (κ2) is 10.8. The number of aryl methyl sites for hydroxylation is 1. The summed E-state index contributed by atoms with van der Waals surface area (Å²) in [5.74, 6) is 1.28. The standard InChI is InChI=1S/C28H23N5O2S/c1-33-18-17-30-27(33)26-25(21-7-3-2-4-8-21)32-28(36-26)31-24(34)15-12-20-10-13-23(14-11-20)35-19-22-9-5-6-16-29-22/h2-18H,19H2,1H3,(H,31,32,34)/b15-12+. The largest absolute Gasteiger partial charge is 0.487 e. The van der Waals surface area contributed by atoms with Crippen LogP contribution in [0.25, 0.3) is 28.0 Å². The van der Waals surface area contributed by atoms with Gasteiger partial charge in [-0.05, 0) is 35.9 Å². The van der Waals surface area contributed by atoms with Crippen molar-refractivity contribution in [2.24, 2.45) is 7.05 Å². The Kier molecular flexibility index (Phi) is 6.95. The molecule has 0 aliphatic carbocycles. The van der Waals surface area contributed by atoms with Crippen LogP contribution in [0, 0.1) is 0 Å². The van der Waals surface area contributed by atoms with Crippen molar-refractivity contribution in [1.82, 2.24) is 19.5 Å². The minimum absolute atomic E-state index is 0.259. The Hall–Kier alpha value is -4.56. The number of carbonyl (C=O) groups is 1. The van der Waals surface area contributed by atoms with Gasteiger partial charge in [0, 0.05) is 37.3 Å². The maximum absolute atomic E-state index is 12.6. The number of anilines is 1. The van der Waals surface area contributed by atoms with Crippen LogP contribution in [0.5, 0.6) is 5.75 Å². The highest BCUT2D eigenvalue weighted by Gasteiger charge is 2.18. The Morgan fingerprint density at radius 2 is 1.81 bits per heavy atom. The molecule has 2 aromatic carbocycles. The molecule has 0 fully saturated rings. The van der Waals surface area contributed by atoms with Gasteiger partial charge >= 0.3 is 0 Å². The summed E-state index contributed by atoms with van der Waals surface area (Å²) >= 11 is 1.40. The molecule has 8 heteroatoms. The lowest BCUT2D eigenvalue weighted by Gasteiger charge is -2.05. The highest BCUT2D eigenvalue weighted by Crippen LogP contribution is 2.38. The van der Waals surface area contributed by atoms with Crippen molar-refractivity contribution in [3.63, 3.8) is 0 Å². The number of hydrogen-bond acceptors (Lipinski definition) is 6. The fraction of sp³-hybridized carbons (Fsp3) is 0.0714. The minimum Gasteiger partial charge on any atom is -0.487 e. The Morgan fingerprint density at radius 3 is 2.53 bits per heavy atom. The van der Waals surface area contributed by atoms with Crippen LogP contribution in [0.1, 0.15) is 11.3 Å². The molecule has 36 heavy (non-hydrogen) atoms.